The molecule has 1 heterocycles. The van der Waals surface area contributed by atoms with Gasteiger partial charge in [-0.25, -0.2) is 8.42 Å². The van der Waals surface area contributed by atoms with E-state index < -0.39 is 10.0 Å². The standard InChI is InChI=1S/C25H24N4O3S/c1-19-7-4-11-23(15-19)28-33(31,32)24-12-5-10-20(16-24)25(30)26-17-21-8-2-3-9-22(21)18-29-14-6-13-27-29/h2-16,28H,17-18H2,1H3,(H,26,30). The van der Waals surface area contributed by atoms with Crippen LogP contribution in [0.5, 0.6) is 0 Å². The van der Waals surface area contributed by atoms with Gasteiger partial charge in [0.15, 0.2) is 0 Å². The van der Waals surface area contributed by atoms with Crippen LogP contribution in [0.1, 0.15) is 27.0 Å². The maximum absolute atomic E-state index is 12.8. The molecule has 0 bridgehead atoms. The molecule has 1 amide bonds. The molecule has 8 heteroatoms. The minimum atomic E-state index is -3.83. The summed E-state index contributed by atoms with van der Waals surface area (Å²) >= 11 is 0. The number of carbonyl (C=O) groups excluding carboxylic acids is 1. The van der Waals surface area contributed by atoms with E-state index in [2.05, 4.69) is 15.1 Å². The first-order valence-corrected chi connectivity index (χ1v) is 11.9. The number of amides is 1. The van der Waals surface area contributed by atoms with E-state index in [-0.39, 0.29) is 16.4 Å². The van der Waals surface area contributed by atoms with Crippen LogP contribution in [0.2, 0.25) is 0 Å². The lowest BCUT2D eigenvalue weighted by molar-refractivity contribution is 0.0950. The Hall–Kier alpha value is -3.91. The SMILES string of the molecule is Cc1cccc(NS(=O)(=O)c2cccc(C(=O)NCc3ccccc3Cn3cccn3)c2)c1. The van der Waals surface area contributed by atoms with Crippen molar-refractivity contribution >= 4 is 21.6 Å². The first-order chi connectivity index (χ1) is 15.9. The number of sulfonamides is 1. The van der Waals surface area contributed by atoms with Crippen LogP contribution >= 0.6 is 0 Å². The fraction of sp³-hybridized carbons (Fsp3) is 0.120. The van der Waals surface area contributed by atoms with Gasteiger partial charge in [0, 0.05) is 30.2 Å². The molecule has 0 saturated carbocycles. The normalized spacial score (nSPS) is 11.2. The van der Waals surface area contributed by atoms with Gasteiger partial charge in [0.25, 0.3) is 15.9 Å². The molecule has 2 N–H and O–H groups in total. The molecule has 0 radical (unpaired) electrons. The first-order valence-electron chi connectivity index (χ1n) is 10.4. The lowest BCUT2D eigenvalue weighted by Crippen LogP contribution is -2.24. The van der Waals surface area contributed by atoms with Crippen molar-refractivity contribution in [1.82, 2.24) is 15.1 Å². The highest BCUT2D eigenvalue weighted by atomic mass is 32.2. The highest BCUT2D eigenvalue weighted by Crippen LogP contribution is 2.18. The van der Waals surface area contributed by atoms with E-state index in [1.165, 1.54) is 12.1 Å². The van der Waals surface area contributed by atoms with E-state index in [4.69, 9.17) is 0 Å². The molecule has 4 aromatic rings. The molecule has 0 aliphatic carbocycles. The molecule has 1 aromatic heterocycles. The van der Waals surface area contributed by atoms with E-state index in [0.29, 0.717) is 18.8 Å². The topological polar surface area (TPSA) is 93.1 Å². The summed E-state index contributed by atoms with van der Waals surface area (Å²) in [5, 5.41) is 7.12. The van der Waals surface area contributed by atoms with Gasteiger partial charge in [-0.05, 0) is 60.0 Å². The van der Waals surface area contributed by atoms with Crippen LogP contribution in [0.4, 0.5) is 5.69 Å². The molecule has 0 aliphatic heterocycles. The average molecular weight is 461 g/mol. The van der Waals surface area contributed by atoms with Gasteiger partial charge >= 0.3 is 0 Å². The fourth-order valence-corrected chi connectivity index (χ4v) is 4.55. The van der Waals surface area contributed by atoms with E-state index in [1.54, 1.807) is 36.5 Å². The summed E-state index contributed by atoms with van der Waals surface area (Å²) in [5.74, 6) is -0.350. The Morgan fingerprint density at radius 2 is 1.73 bits per heavy atom. The van der Waals surface area contributed by atoms with Crippen molar-refractivity contribution in [2.45, 2.75) is 24.9 Å². The van der Waals surface area contributed by atoms with E-state index in [0.717, 1.165) is 16.7 Å². The lowest BCUT2D eigenvalue weighted by Gasteiger charge is -2.12. The number of nitrogens with zero attached hydrogens (tertiary/aromatic N) is 2. The smallest absolute Gasteiger partial charge is 0.261 e. The predicted molar refractivity (Wildman–Crippen MR) is 127 cm³/mol. The summed E-state index contributed by atoms with van der Waals surface area (Å²) in [7, 11) is -3.83. The largest absolute Gasteiger partial charge is 0.348 e. The highest BCUT2D eigenvalue weighted by molar-refractivity contribution is 7.92. The number of benzene rings is 3. The molecule has 0 saturated heterocycles. The van der Waals surface area contributed by atoms with Gasteiger partial charge in [-0.1, -0.05) is 42.5 Å². The molecule has 0 unspecified atom stereocenters. The van der Waals surface area contributed by atoms with Crippen LogP contribution < -0.4 is 10.0 Å². The van der Waals surface area contributed by atoms with Gasteiger partial charge in [-0.3, -0.25) is 14.2 Å². The summed E-state index contributed by atoms with van der Waals surface area (Å²) in [6.45, 7) is 2.79. The van der Waals surface area contributed by atoms with Gasteiger partial charge in [0.2, 0.25) is 0 Å². The number of nitrogens with one attached hydrogen (secondary N) is 2. The summed E-state index contributed by atoms with van der Waals surface area (Å²) in [6, 6.07) is 22.8. The van der Waals surface area contributed by atoms with Gasteiger partial charge < -0.3 is 5.32 Å². The zero-order valence-corrected chi connectivity index (χ0v) is 18.9. The zero-order chi connectivity index (χ0) is 23.3. The quantitative estimate of drug-likeness (QED) is 0.416. The number of hydrogen-bond donors (Lipinski definition) is 2. The van der Waals surface area contributed by atoms with Crippen molar-refractivity contribution in [3.63, 3.8) is 0 Å². The van der Waals surface area contributed by atoms with E-state index in [9.17, 15) is 13.2 Å². The summed E-state index contributed by atoms with van der Waals surface area (Å²) < 4.78 is 30.0. The molecule has 0 spiro atoms. The van der Waals surface area contributed by atoms with Crippen LogP contribution in [0.15, 0.2) is 96.2 Å². The van der Waals surface area contributed by atoms with Crippen molar-refractivity contribution in [2.24, 2.45) is 0 Å². The second-order valence-corrected chi connectivity index (χ2v) is 9.34. The minimum Gasteiger partial charge on any atom is -0.348 e. The van der Waals surface area contributed by atoms with Crippen molar-refractivity contribution < 1.29 is 13.2 Å². The van der Waals surface area contributed by atoms with Crippen molar-refractivity contribution in [3.05, 3.63) is 114 Å². The number of hydrogen-bond acceptors (Lipinski definition) is 4. The summed E-state index contributed by atoms with van der Waals surface area (Å²) in [6.07, 6.45) is 3.60. The van der Waals surface area contributed by atoms with E-state index >= 15 is 0 Å². The van der Waals surface area contributed by atoms with Crippen molar-refractivity contribution in [2.75, 3.05) is 4.72 Å². The average Bonchev–Trinajstić information content (AvgIpc) is 3.31. The van der Waals surface area contributed by atoms with Gasteiger partial charge in [-0.15, -0.1) is 0 Å². The zero-order valence-electron chi connectivity index (χ0n) is 18.1. The Labute approximate surface area is 193 Å². The van der Waals surface area contributed by atoms with Crippen LogP contribution in [0.3, 0.4) is 0 Å². The van der Waals surface area contributed by atoms with Gasteiger partial charge in [-0.2, -0.15) is 5.10 Å². The highest BCUT2D eigenvalue weighted by Gasteiger charge is 2.17. The monoisotopic (exact) mass is 460 g/mol. The second kappa shape index (κ2) is 9.70. The molecule has 0 fully saturated rings. The number of carbonyl (C=O) groups is 1. The lowest BCUT2D eigenvalue weighted by atomic mass is 10.1. The first kappa shape index (κ1) is 22.3. The van der Waals surface area contributed by atoms with Gasteiger partial charge in [0.1, 0.15) is 0 Å². The van der Waals surface area contributed by atoms with Crippen molar-refractivity contribution in [1.29, 1.82) is 0 Å². The molecular formula is C25H24N4O3S. The summed E-state index contributed by atoms with van der Waals surface area (Å²) in [4.78, 5) is 12.8. The summed E-state index contributed by atoms with van der Waals surface area (Å²) in [5.41, 5.74) is 3.69. The molecule has 0 aliphatic rings. The Bertz CT molecular complexity index is 1370. The van der Waals surface area contributed by atoms with E-state index in [1.807, 2.05) is 54.2 Å². The maximum atomic E-state index is 12.8. The Balaban J connectivity index is 1.46. The van der Waals surface area contributed by atoms with Crippen LogP contribution in [0.25, 0.3) is 0 Å². The fourth-order valence-electron chi connectivity index (χ4n) is 3.46. The Morgan fingerprint density at radius 3 is 2.48 bits per heavy atom. The molecule has 7 nitrogen and oxygen atoms in total. The second-order valence-electron chi connectivity index (χ2n) is 7.66. The third-order valence-electron chi connectivity index (χ3n) is 5.13. The van der Waals surface area contributed by atoms with Crippen LogP contribution in [-0.2, 0) is 23.1 Å². The number of rotatable bonds is 8. The van der Waals surface area contributed by atoms with Crippen LogP contribution in [-0.4, -0.2) is 24.1 Å². The Morgan fingerprint density at radius 1 is 0.939 bits per heavy atom. The minimum absolute atomic E-state index is 0.0238. The molecule has 33 heavy (non-hydrogen) atoms. The molecule has 168 valence electrons. The predicted octanol–water partition coefficient (Wildman–Crippen LogP) is 3.97. The van der Waals surface area contributed by atoms with Crippen LogP contribution in [0, 0.1) is 6.92 Å². The Kier molecular flexibility index (Phi) is 6.55. The van der Waals surface area contributed by atoms with Gasteiger partial charge in [0.05, 0.1) is 11.4 Å². The maximum Gasteiger partial charge on any atom is 0.261 e. The molecule has 3 aromatic carbocycles. The number of anilines is 1. The number of aromatic nitrogens is 2. The molecule has 0 atom stereocenters. The van der Waals surface area contributed by atoms with Crippen molar-refractivity contribution in [3.8, 4) is 0 Å². The third-order valence-corrected chi connectivity index (χ3v) is 6.51. The molecular weight excluding hydrogens is 436 g/mol. The third kappa shape index (κ3) is 5.67. The number of aryl methyl sites for hydroxylation is 1. The molecule has 4 rings (SSSR count).